The van der Waals surface area contributed by atoms with E-state index in [0.717, 1.165) is 11.3 Å². The Morgan fingerprint density at radius 2 is 1.40 bits per heavy atom. The van der Waals surface area contributed by atoms with Gasteiger partial charge in [-0.15, -0.1) is 0 Å². The van der Waals surface area contributed by atoms with Crippen LogP contribution in [-0.2, 0) is 0 Å². The van der Waals surface area contributed by atoms with Gasteiger partial charge in [0.05, 0.1) is 0 Å². The summed E-state index contributed by atoms with van der Waals surface area (Å²) in [5, 5.41) is 3.59. The first-order valence-electron chi connectivity index (χ1n) is 6.60. The van der Waals surface area contributed by atoms with Crippen molar-refractivity contribution in [3.8, 4) is 0 Å². The van der Waals surface area contributed by atoms with Crippen molar-refractivity contribution in [3.63, 3.8) is 0 Å². The molecule has 0 aromatic heterocycles. The maximum Gasteiger partial charge on any atom is 0.340 e. The molecule has 4 nitrogen and oxygen atoms in total. The SMILES string of the molecule is CN1C(=O)N(c2ccccc2)C(c2ccccc2)N1C. The van der Waals surface area contributed by atoms with Gasteiger partial charge in [0.1, 0.15) is 6.17 Å². The summed E-state index contributed by atoms with van der Waals surface area (Å²) in [5.41, 5.74) is 2.00. The monoisotopic (exact) mass is 267 g/mol. The molecule has 1 aliphatic heterocycles. The van der Waals surface area contributed by atoms with Gasteiger partial charge >= 0.3 is 6.03 Å². The van der Waals surface area contributed by atoms with E-state index in [-0.39, 0.29) is 12.2 Å². The Morgan fingerprint density at radius 3 is 2.00 bits per heavy atom. The molecular formula is C16H17N3O. The third-order valence-electron chi connectivity index (χ3n) is 3.69. The number of urea groups is 1. The lowest BCUT2D eigenvalue weighted by Crippen LogP contribution is -2.32. The molecule has 1 saturated heterocycles. The molecule has 102 valence electrons. The molecule has 0 N–H and O–H groups in total. The topological polar surface area (TPSA) is 26.8 Å². The van der Waals surface area contributed by atoms with Gasteiger partial charge in [-0.3, -0.25) is 9.91 Å². The van der Waals surface area contributed by atoms with Crippen LogP contribution < -0.4 is 4.90 Å². The van der Waals surface area contributed by atoms with E-state index in [1.807, 2.05) is 77.6 Å². The van der Waals surface area contributed by atoms with Gasteiger partial charge in [0.2, 0.25) is 0 Å². The third kappa shape index (κ3) is 1.94. The second-order valence-corrected chi connectivity index (χ2v) is 4.87. The maximum absolute atomic E-state index is 12.5. The molecule has 0 saturated carbocycles. The van der Waals surface area contributed by atoms with Crippen LogP contribution in [0.4, 0.5) is 10.5 Å². The van der Waals surface area contributed by atoms with Crippen LogP contribution in [-0.4, -0.2) is 30.1 Å². The van der Waals surface area contributed by atoms with E-state index in [1.54, 1.807) is 12.1 Å². The maximum atomic E-state index is 12.5. The van der Waals surface area contributed by atoms with Crippen molar-refractivity contribution < 1.29 is 4.79 Å². The number of nitrogens with zero attached hydrogens (tertiary/aromatic N) is 3. The number of amides is 2. The van der Waals surface area contributed by atoms with Crippen molar-refractivity contribution in [2.24, 2.45) is 0 Å². The van der Waals surface area contributed by atoms with E-state index in [1.165, 1.54) is 0 Å². The van der Waals surface area contributed by atoms with E-state index in [0.29, 0.717) is 0 Å². The number of anilines is 1. The second kappa shape index (κ2) is 4.98. The zero-order chi connectivity index (χ0) is 14.1. The second-order valence-electron chi connectivity index (χ2n) is 4.87. The molecule has 0 radical (unpaired) electrons. The minimum Gasteiger partial charge on any atom is -0.271 e. The molecule has 1 aliphatic rings. The summed E-state index contributed by atoms with van der Waals surface area (Å²) in [7, 11) is 3.72. The summed E-state index contributed by atoms with van der Waals surface area (Å²) < 4.78 is 0. The summed E-state index contributed by atoms with van der Waals surface area (Å²) in [5.74, 6) is 0. The highest BCUT2D eigenvalue weighted by molar-refractivity contribution is 5.94. The van der Waals surface area contributed by atoms with Gasteiger partial charge in [-0.05, 0) is 17.7 Å². The van der Waals surface area contributed by atoms with Gasteiger partial charge < -0.3 is 0 Å². The van der Waals surface area contributed by atoms with Gasteiger partial charge in [-0.2, -0.15) is 5.01 Å². The Morgan fingerprint density at radius 1 is 0.850 bits per heavy atom. The normalized spacial score (nSPS) is 19.7. The highest BCUT2D eigenvalue weighted by Gasteiger charge is 2.41. The number of para-hydroxylation sites is 1. The summed E-state index contributed by atoms with van der Waals surface area (Å²) in [6.07, 6.45) is -0.115. The van der Waals surface area contributed by atoms with Crippen LogP contribution in [0.15, 0.2) is 60.7 Å². The fourth-order valence-corrected chi connectivity index (χ4v) is 2.56. The quantitative estimate of drug-likeness (QED) is 0.836. The predicted octanol–water partition coefficient (Wildman–Crippen LogP) is 3.10. The number of benzene rings is 2. The van der Waals surface area contributed by atoms with Crippen molar-refractivity contribution >= 4 is 11.7 Å². The number of hydrazine groups is 1. The van der Waals surface area contributed by atoms with Gasteiger partial charge in [0, 0.05) is 19.8 Å². The number of carbonyl (C=O) groups excluding carboxylic acids is 1. The molecule has 4 heteroatoms. The number of hydrogen-bond acceptors (Lipinski definition) is 2. The van der Waals surface area contributed by atoms with E-state index < -0.39 is 0 Å². The van der Waals surface area contributed by atoms with Gasteiger partial charge in [0.15, 0.2) is 0 Å². The Kier molecular flexibility index (Phi) is 3.16. The number of rotatable bonds is 2. The average molecular weight is 267 g/mol. The zero-order valence-electron chi connectivity index (χ0n) is 11.6. The standard InChI is InChI=1S/C16H17N3O/c1-17-15(13-9-5-3-6-10-13)19(16(20)18(17)2)14-11-7-4-8-12-14/h3-12,15H,1-2H3. The van der Waals surface area contributed by atoms with Crippen LogP contribution in [0.25, 0.3) is 0 Å². The average Bonchev–Trinajstić information content (AvgIpc) is 2.73. The molecule has 1 heterocycles. The van der Waals surface area contributed by atoms with Crippen LogP contribution >= 0.6 is 0 Å². The van der Waals surface area contributed by atoms with Crippen LogP contribution in [0.1, 0.15) is 11.7 Å². The molecule has 1 unspecified atom stereocenters. The fourth-order valence-electron chi connectivity index (χ4n) is 2.56. The lowest BCUT2D eigenvalue weighted by molar-refractivity contribution is 0.0733. The van der Waals surface area contributed by atoms with Crippen LogP contribution in [0.2, 0.25) is 0 Å². The first kappa shape index (κ1) is 12.7. The molecule has 20 heavy (non-hydrogen) atoms. The lowest BCUT2D eigenvalue weighted by atomic mass is 10.1. The molecule has 2 aromatic rings. The Labute approximate surface area is 118 Å². The highest BCUT2D eigenvalue weighted by Crippen LogP contribution is 2.35. The van der Waals surface area contributed by atoms with E-state index in [2.05, 4.69) is 0 Å². The summed E-state index contributed by atoms with van der Waals surface area (Å²) in [6, 6.07) is 19.8. The molecule has 2 aromatic carbocycles. The molecule has 0 aliphatic carbocycles. The molecule has 3 rings (SSSR count). The molecule has 2 amide bonds. The molecule has 1 atom stereocenters. The number of hydrogen-bond donors (Lipinski definition) is 0. The van der Waals surface area contributed by atoms with Crippen molar-refractivity contribution in [2.45, 2.75) is 6.17 Å². The fraction of sp³-hybridized carbons (Fsp3) is 0.188. The van der Waals surface area contributed by atoms with Gasteiger partial charge in [-0.1, -0.05) is 48.5 Å². The first-order valence-corrected chi connectivity index (χ1v) is 6.60. The van der Waals surface area contributed by atoms with E-state index >= 15 is 0 Å². The smallest absolute Gasteiger partial charge is 0.271 e. The summed E-state index contributed by atoms with van der Waals surface area (Å²) in [4.78, 5) is 14.3. The van der Waals surface area contributed by atoms with Crippen LogP contribution in [0, 0.1) is 0 Å². The van der Waals surface area contributed by atoms with E-state index in [4.69, 9.17) is 0 Å². The Bertz CT molecular complexity index is 600. The minimum absolute atomic E-state index is 0.0208. The highest BCUT2D eigenvalue weighted by atomic mass is 16.2. The minimum atomic E-state index is -0.115. The van der Waals surface area contributed by atoms with Crippen molar-refractivity contribution in [3.05, 3.63) is 66.2 Å². The van der Waals surface area contributed by atoms with Crippen LogP contribution in [0.3, 0.4) is 0 Å². The summed E-state index contributed by atoms with van der Waals surface area (Å²) in [6.45, 7) is 0. The van der Waals surface area contributed by atoms with E-state index in [9.17, 15) is 4.79 Å². The number of carbonyl (C=O) groups is 1. The Hall–Kier alpha value is -2.33. The Balaban J connectivity index is 2.07. The molecule has 1 fully saturated rings. The van der Waals surface area contributed by atoms with Crippen molar-refractivity contribution in [1.82, 2.24) is 10.0 Å². The van der Waals surface area contributed by atoms with Gasteiger partial charge in [-0.25, -0.2) is 4.79 Å². The lowest BCUT2D eigenvalue weighted by Gasteiger charge is -2.27. The summed E-state index contributed by atoms with van der Waals surface area (Å²) >= 11 is 0. The largest absolute Gasteiger partial charge is 0.340 e. The van der Waals surface area contributed by atoms with Crippen LogP contribution in [0.5, 0.6) is 0 Å². The molecular weight excluding hydrogens is 250 g/mol. The predicted molar refractivity (Wildman–Crippen MR) is 79.0 cm³/mol. The van der Waals surface area contributed by atoms with Gasteiger partial charge in [0.25, 0.3) is 0 Å². The molecule has 0 bridgehead atoms. The van der Waals surface area contributed by atoms with Crippen molar-refractivity contribution in [1.29, 1.82) is 0 Å². The third-order valence-corrected chi connectivity index (χ3v) is 3.69. The molecule has 0 spiro atoms. The first-order chi connectivity index (χ1) is 9.70. The zero-order valence-corrected chi connectivity index (χ0v) is 11.6. The van der Waals surface area contributed by atoms with Crippen molar-refractivity contribution in [2.75, 3.05) is 19.0 Å².